The third-order valence-electron chi connectivity index (χ3n) is 3.61. The van der Waals surface area contributed by atoms with Crippen LogP contribution in [-0.2, 0) is 6.54 Å². The van der Waals surface area contributed by atoms with Gasteiger partial charge in [-0.2, -0.15) is 5.10 Å². The summed E-state index contributed by atoms with van der Waals surface area (Å²) in [6, 6.07) is 0.0293. The number of fused-ring (bicyclic) bond motifs is 1. The first-order valence-electron chi connectivity index (χ1n) is 7.36. The average Bonchev–Trinajstić information content (AvgIpc) is 3.15. The fourth-order valence-corrected chi connectivity index (χ4v) is 2.55. The first kappa shape index (κ1) is 13.8. The third kappa shape index (κ3) is 2.54. The van der Waals surface area contributed by atoms with E-state index in [0.29, 0.717) is 0 Å². The van der Waals surface area contributed by atoms with Crippen LogP contribution in [0.4, 0.5) is 0 Å². The summed E-state index contributed by atoms with van der Waals surface area (Å²) in [6.07, 6.45) is 12.3. The van der Waals surface area contributed by atoms with E-state index in [1.54, 1.807) is 6.20 Å². The summed E-state index contributed by atoms with van der Waals surface area (Å²) in [5.74, 6) is 1.02. The predicted molar refractivity (Wildman–Crippen MR) is 81.0 cm³/mol. The zero-order chi connectivity index (χ0) is 14.7. The van der Waals surface area contributed by atoms with Crippen LogP contribution in [0.15, 0.2) is 37.2 Å². The quantitative estimate of drug-likeness (QED) is 0.752. The van der Waals surface area contributed by atoms with Gasteiger partial charge in [0.25, 0.3) is 0 Å². The highest BCUT2D eigenvalue weighted by Crippen LogP contribution is 2.24. The van der Waals surface area contributed by atoms with Gasteiger partial charge in [0, 0.05) is 36.9 Å². The van der Waals surface area contributed by atoms with E-state index in [1.807, 2.05) is 35.5 Å². The molecule has 0 aromatic carbocycles. The maximum Gasteiger partial charge on any atom is 0.130 e. The van der Waals surface area contributed by atoms with Crippen LogP contribution in [-0.4, -0.2) is 30.7 Å². The lowest BCUT2D eigenvalue weighted by Crippen LogP contribution is -2.26. The fraction of sp³-hybridized carbons (Fsp3) is 0.400. The van der Waals surface area contributed by atoms with Gasteiger partial charge < -0.3 is 9.88 Å². The van der Waals surface area contributed by atoms with E-state index in [9.17, 15) is 0 Å². The minimum absolute atomic E-state index is 0.0293. The number of imidazole rings is 1. The first-order valence-corrected chi connectivity index (χ1v) is 7.36. The molecule has 21 heavy (non-hydrogen) atoms. The second-order valence-electron chi connectivity index (χ2n) is 4.96. The molecule has 110 valence electrons. The van der Waals surface area contributed by atoms with Crippen molar-refractivity contribution in [3.8, 4) is 0 Å². The molecular weight excluding hydrogens is 264 g/mol. The smallest absolute Gasteiger partial charge is 0.130 e. The van der Waals surface area contributed by atoms with Gasteiger partial charge in [-0.25, -0.2) is 9.50 Å². The van der Waals surface area contributed by atoms with E-state index in [2.05, 4.69) is 38.8 Å². The van der Waals surface area contributed by atoms with Crippen molar-refractivity contribution in [1.82, 2.24) is 29.5 Å². The molecule has 3 heterocycles. The fourth-order valence-electron chi connectivity index (χ4n) is 2.55. The zero-order valence-electron chi connectivity index (χ0n) is 12.4. The monoisotopic (exact) mass is 284 g/mol. The van der Waals surface area contributed by atoms with Crippen molar-refractivity contribution in [2.24, 2.45) is 0 Å². The van der Waals surface area contributed by atoms with Crippen molar-refractivity contribution in [3.63, 3.8) is 0 Å². The minimum atomic E-state index is 0.0293. The van der Waals surface area contributed by atoms with Crippen LogP contribution in [0.3, 0.4) is 0 Å². The number of aromatic nitrogens is 5. The van der Waals surface area contributed by atoms with Crippen molar-refractivity contribution in [2.75, 3.05) is 6.54 Å². The Bertz CT molecular complexity index is 714. The van der Waals surface area contributed by atoms with E-state index in [-0.39, 0.29) is 6.04 Å². The molecule has 3 aromatic rings. The third-order valence-corrected chi connectivity index (χ3v) is 3.61. The zero-order valence-corrected chi connectivity index (χ0v) is 12.4. The van der Waals surface area contributed by atoms with Crippen LogP contribution < -0.4 is 5.32 Å². The van der Waals surface area contributed by atoms with Crippen LogP contribution >= 0.6 is 0 Å². The van der Waals surface area contributed by atoms with Gasteiger partial charge in [-0.3, -0.25) is 4.98 Å². The largest absolute Gasteiger partial charge is 0.334 e. The second-order valence-corrected chi connectivity index (χ2v) is 4.96. The van der Waals surface area contributed by atoms with E-state index >= 15 is 0 Å². The maximum absolute atomic E-state index is 4.55. The number of nitrogens with one attached hydrogen (secondary N) is 1. The van der Waals surface area contributed by atoms with Gasteiger partial charge in [-0.15, -0.1) is 0 Å². The Kier molecular flexibility index (Phi) is 3.96. The number of hydrogen-bond acceptors (Lipinski definition) is 4. The lowest BCUT2D eigenvalue weighted by molar-refractivity contribution is 0.544. The molecule has 0 saturated carbocycles. The Morgan fingerprint density at radius 1 is 1.19 bits per heavy atom. The van der Waals surface area contributed by atoms with E-state index < -0.39 is 0 Å². The van der Waals surface area contributed by atoms with Gasteiger partial charge in [-0.1, -0.05) is 6.92 Å². The molecule has 0 amide bonds. The topological polar surface area (TPSA) is 60.0 Å². The highest BCUT2D eigenvalue weighted by Gasteiger charge is 2.21. The molecule has 1 atom stereocenters. The maximum atomic E-state index is 4.55. The van der Waals surface area contributed by atoms with Crippen LogP contribution in [0.25, 0.3) is 5.52 Å². The van der Waals surface area contributed by atoms with E-state index in [0.717, 1.165) is 36.4 Å². The summed E-state index contributed by atoms with van der Waals surface area (Å²) < 4.78 is 4.01. The van der Waals surface area contributed by atoms with Gasteiger partial charge in [0.05, 0.1) is 24.0 Å². The number of hydrogen-bond donors (Lipinski definition) is 1. The normalized spacial score (nSPS) is 12.9. The minimum Gasteiger partial charge on any atom is -0.334 e. The predicted octanol–water partition coefficient (Wildman–Crippen LogP) is 2.03. The van der Waals surface area contributed by atoms with Gasteiger partial charge in [-0.05, 0) is 19.9 Å². The molecule has 1 unspecified atom stereocenters. The Hall–Kier alpha value is -2.21. The Balaban J connectivity index is 2.07. The van der Waals surface area contributed by atoms with Gasteiger partial charge in [0.1, 0.15) is 5.82 Å². The standard InChI is InChI=1S/C15H20N6/c1-3-5-17-14(15-18-7-8-20(15)4-2)12-10-19-21-9-6-16-11-13(12)21/h6-11,14,17H,3-5H2,1-2H3. The van der Waals surface area contributed by atoms with Crippen LogP contribution in [0.2, 0.25) is 0 Å². The van der Waals surface area contributed by atoms with E-state index in [1.165, 1.54) is 0 Å². The molecule has 0 aliphatic heterocycles. The van der Waals surface area contributed by atoms with Crippen molar-refractivity contribution >= 4 is 5.52 Å². The molecule has 0 radical (unpaired) electrons. The molecule has 3 aromatic heterocycles. The number of rotatable bonds is 6. The molecule has 0 aliphatic rings. The van der Waals surface area contributed by atoms with Crippen molar-refractivity contribution in [1.29, 1.82) is 0 Å². The molecule has 0 spiro atoms. The summed E-state index contributed by atoms with van der Waals surface area (Å²) >= 11 is 0. The molecule has 6 nitrogen and oxygen atoms in total. The Labute approximate surface area is 123 Å². The summed E-state index contributed by atoms with van der Waals surface area (Å²) in [5.41, 5.74) is 2.12. The van der Waals surface area contributed by atoms with Gasteiger partial charge >= 0.3 is 0 Å². The molecule has 0 aliphatic carbocycles. The van der Waals surface area contributed by atoms with Crippen LogP contribution in [0.5, 0.6) is 0 Å². The summed E-state index contributed by atoms with van der Waals surface area (Å²) in [5, 5.41) is 7.99. The van der Waals surface area contributed by atoms with Crippen molar-refractivity contribution in [2.45, 2.75) is 32.9 Å². The summed E-state index contributed by atoms with van der Waals surface area (Å²) in [7, 11) is 0. The molecule has 0 saturated heterocycles. The lowest BCUT2D eigenvalue weighted by atomic mass is 10.1. The van der Waals surface area contributed by atoms with Gasteiger partial charge in [0.2, 0.25) is 0 Å². The highest BCUT2D eigenvalue weighted by atomic mass is 15.2. The number of nitrogens with zero attached hydrogens (tertiary/aromatic N) is 5. The number of aryl methyl sites for hydroxylation is 1. The molecule has 1 N–H and O–H groups in total. The molecule has 0 fully saturated rings. The first-order chi connectivity index (χ1) is 10.3. The Morgan fingerprint density at radius 3 is 2.90 bits per heavy atom. The average molecular weight is 284 g/mol. The molecule has 6 heteroatoms. The van der Waals surface area contributed by atoms with Crippen LogP contribution in [0, 0.1) is 0 Å². The summed E-state index contributed by atoms with van der Waals surface area (Å²) in [6.45, 7) is 6.11. The highest BCUT2D eigenvalue weighted by molar-refractivity contribution is 5.54. The summed E-state index contributed by atoms with van der Waals surface area (Å²) in [4.78, 5) is 8.76. The van der Waals surface area contributed by atoms with Crippen LogP contribution in [0.1, 0.15) is 37.7 Å². The van der Waals surface area contributed by atoms with E-state index in [4.69, 9.17) is 0 Å². The lowest BCUT2D eigenvalue weighted by Gasteiger charge is -2.18. The van der Waals surface area contributed by atoms with Crippen molar-refractivity contribution in [3.05, 3.63) is 48.6 Å². The van der Waals surface area contributed by atoms with Gasteiger partial charge in [0.15, 0.2) is 0 Å². The SMILES string of the molecule is CCCNC(c1cnn2ccncc12)c1nccn1CC. The molecule has 3 rings (SSSR count). The van der Waals surface area contributed by atoms with Crippen molar-refractivity contribution < 1.29 is 0 Å². The molecular formula is C15H20N6. The second kappa shape index (κ2) is 6.05. The Morgan fingerprint density at radius 2 is 2.10 bits per heavy atom. The molecule has 0 bridgehead atoms.